The van der Waals surface area contributed by atoms with Crippen molar-refractivity contribution in [3.8, 4) is 0 Å². The predicted molar refractivity (Wildman–Crippen MR) is 105 cm³/mol. The van der Waals surface area contributed by atoms with E-state index in [9.17, 15) is 0 Å². The fourth-order valence-corrected chi connectivity index (χ4v) is 4.27. The molecule has 1 unspecified atom stereocenters. The molecule has 24 heavy (non-hydrogen) atoms. The number of rotatable bonds is 2. The molecule has 128 valence electrons. The fraction of sp³-hybridized carbons (Fsp3) is 0.478. The highest BCUT2D eigenvalue weighted by atomic mass is 14.9. The molecule has 0 amide bonds. The van der Waals surface area contributed by atoms with Gasteiger partial charge in [-0.2, -0.15) is 0 Å². The van der Waals surface area contributed by atoms with Gasteiger partial charge in [0.15, 0.2) is 0 Å². The molecule has 1 N–H and O–H groups in total. The topological polar surface area (TPSA) is 12.0 Å². The SMILES string of the molecule is Cc1cc(C)c(Cc2ccc3c(c2)C(C(C)(C)C)CCN3)c(C)c1. The summed E-state index contributed by atoms with van der Waals surface area (Å²) in [6.07, 6.45) is 2.25. The fourth-order valence-electron chi connectivity index (χ4n) is 4.27. The minimum Gasteiger partial charge on any atom is -0.385 e. The van der Waals surface area contributed by atoms with Gasteiger partial charge in [0.05, 0.1) is 0 Å². The Morgan fingerprint density at radius 3 is 2.29 bits per heavy atom. The zero-order valence-electron chi connectivity index (χ0n) is 16.1. The lowest BCUT2D eigenvalue weighted by Crippen LogP contribution is -2.26. The molecule has 0 saturated heterocycles. The van der Waals surface area contributed by atoms with Crippen molar-refractivity contribution in [2.45, 2.75) is 60.3 Å². The summed E-state index contributed by atoms with van der Waals surface area (Å²) in [6, 6.07) is 11.7. The van der Waals surface area contributed by atoms with E-state index in [1.807, 2.05) is 0 Å². The third-order valence-electron chi connectivity index (χ3n) is 5.51. The molecule has 0 saturated carbocycles. The number of nitrogens with one attached hydrogen (secondary N) is 1. The van der Waals surface area contributed by atoms with E-state index in [-0.39, 0.29) is 0 Å². The first-order chi connectivity index (χ1) is 11.3. The van der Waals surface area contributed by atoms with Crippen LogP contribution in [0.2, 0.25) is 0 Å². The first-order valence-electron chi connectivity index (χ1n) is 9.19. The van der Waals surface area contributed by atoms with Gasteiger partial charge in [-0.3, -0.25) is 0 Å². The Bertz CT molecular complexity index is 726. The zero-order valence-corrected chi connectivity index (χ0v) is 16.1. The first kappa shape index (κ1) is 17.1. The van der Waals surface area contributed by atoms with Crippen molar-refractivity contribution in [2.24, 2.45) is 5.41 Å². The lowest BCUT2D eigenvalue weighted by Gasteiger charge is -2.36. The Kier molecular flexibility index (Phi) is 4.46. The van der Waals surface area contributed by atoms with Crippen LogP contribution in [0.5, 0.6) is 0 Å². The van der Waals surface area contributed by atoms with E-state index in [0.717, 1.165) is 13.0 Å². The molecule has 0 bridgehead atoms. The molecule has 1 aliphatic heterocycles. The largest absolute Gasteiger partial charge is 0.385 e. The van der Waals surface area contributed by atoms with Crippen molar-refractivity contribution in [1.29, 1.82) is 0 Å². The standard InChI is InChI=1S/C23H31N/c1-15-11-16(2)19(17(3)12-15)13-18-7-8-22-20(14-18)21(9-10-24-22)23(4,5)6/h7-8,11-12,14,21,24H,9-10,13H2,1-6H3. The van der Waals surface area contributed by atoms with Crippen LogP contribution in [-0.4, -0.2) is 6.54 Å². The summed E-state index contributed by atoms with van der Waals surface area (Å²) >= 11 is 0. The maximum absolute atomic E-state index is 3.59. The second-order valence-electron chi connectivity index (χ2n) is 8.61. The summed E-state index contributed by atoms with van der Waals surface area (Å²) in [7, 11) is 0. The Balaban J connectivity index is 1.97. The van der Waals surface area contributed by atoms with E-state index in [1.54, 1.807) is 0 Å². The number of anilines is 1. The normalized spacial score (nSPS) is 17.3. The van der Waals surface area contributed by atoms with Gasteiger partial charge >= 0.3 is 0 Å². The maximum Gasteiger partial charge on any atom is 0.0375 e. The van der Waals surface area contributed by atoms with Gasteiger partial charge in [-0.25, -0.2) is 0 Å². The molecule has 1 heteroatoms. The number of fused-ring (bicyclic) bond motifs is 1. The summed E-state index contributed by atoms with van der Waals surface area (Å²) in [5, 5.41) is 3.59. The summed E-state index contributed by atoms with van der Waals surface area (Å²) < 4.78 is 0. The lowest BCUT2D eigenvalue weighted by atomic mass is 9.72. The number of hydrogen-bond donors (Lipinski definition) is 1. The van der Waals surface area contributed by atoms with Crippen LogP contribution in [0.25, 0.3) is 0 Å². The van der Waals surface area contributed by atoms with Crippen LogP contribution in [-0.2, 0) is 6.42 Å². The molecule has 0 aromatic heterocycles. The van der Waals surface area contributed by atoms with E-state index in [2.05, 4.69) is 77.2 Å². The van der Waals surface area contributed by atoms with Crippen molar-refractivity contribution in [2.75, 3.05) is 11.9 Å². The molecule has 2 aromatic carbocycles. The van der Waals surface area contributed by atoms with Crippen LogP contribution in [0.4, 0.5) is 5.69 Å². The van der Waals surface area contributed by atoms with Crippen molar-refractivity contribution >= 4 is 5.69 Å². The molecule has 1 aliphatic rings. The van der Waals surface area contributed by atoms with Crippen LogP contribution in [0, 0.1) is 26.2 Å². The van der Waals surface area contributed by atoms with Crippen molar-refractivity contribution in [1.82, 2.24) is 0 Å². The average molecular weight is 322 g/mol. The third-order valence-corrected chi connectivity index (χ3v) is 5.51. The van der Waals surface area contributed by atoms with Gasteiger partial charge < -0.3 is 5.32 Å². The molecule has 0 radical (unpaired) electrons. The van der Waals surface area contributed by atoms with E-state index in [4.69, 9.17) is 0 Å². The number of aryl methyl sites for hydroxylation is 3. The quantitative estimate of drug-likeness (QED) is 0.699. The van der Waals surface area contributed by atoms with Crippen LogP contribution < -0.4 is 5.32 Å². The Morgan fingerprint density at radius 1 is 1.00 bits per heavy atom. The lowest BCUT2D eigenvalue weighted by molar-refractivity contribution is 0.305. The molecular weight excluding hydrogens is 290 g/mol. The molecule has 1 nitrogen and oxygen atoms in total. The van der Waals surface area contributed by atoms with Gasteiger partial charge in [0.2, 0.25) is 0 Å². The Morgan fingerprint density at radius 2 is 1.67 bits per heavy atom. The zero-order chi connectivity index (χ0) is 17.5. The molecule has 0 aliphatic carbocycles. The van der Waals surface area contributed by atoms with E-state index in [1.165, 1.54) is 45.5 Å². The van der Waals surface area contributed by atoms with Gasteiger partial charge in [-0.15, -0.1) is 0 Å². The molecule has 0 fully saturated rings. The van der Waals surface area contributed by atoms with Crippen molar-refractivity contribution < 1.29 is 0 Å². The molecule has 0 spiro atoms. The molecule has 1 atom stereocenters. The van der Waals surface area contributed by atoms with Gasteiger partial charge in [-0.05, 0) is 78.8 Å². The summed E-state index contributed by atoms with van der Waals surface area (Å²) in [5.41, 5.74) is 10.3. The molecule has 3 rings (SSSR count). The van der Waals surface area contributed by atoms with Gasteiger partial charge in [0.25, 0.3) is 0 Å². The van der Waals surface area contributed by atoms with Gasteiger partial charge in [0.1, 0.15) is 0 Å². The second kappa shape index (κ2) is 6.27. The van der Waals surface area contributed by atoms with Crippen LogP contribution in [0.15, 0.2) is 30.3 Å². The smallest absolute Gasteiger partial charge is 0.0375 e. The van der Waals surface area contributed by atoms with Gasteiger partial charge in [-0.1, -0.05) is 50.6 Å². The van der Waals surface area contributed by atoms with Crippen LogP contribution in [0.1, 0.15) is 66.5 Å². The first-order valence-corrected chi connectivity index (χ1v) is 9.19. The Labute approximate surface area is 147 Å². The Hall–Kier alpha value is -1.76. The average Bonchev–Trinajstić information content (AvgIpc) is 2.49. The number of benzene rings is 2. The highest BCUT2D eigenvalue weighted by molar-refractivity contribution is 5.57. The second-order valence-corrected chi connectivity index (χ2v) is 8.61. The third kappa shape index (κ3) is 3.36. The van der Waals surface area contributed by atoms with E-state index in [0.29, 0.717) is 11.3 Å². The summed E-state index contributed by atoms with van der Waals surface area (Å²) in [4.78, 5) is 0. The highest BCUT2D eigenvalue weighted by Crippen LogP contribution is 2.43. The molecular formula is C23H31N. The summed E-state index contributed by atoms with van der Waals surface area (Å²) in [5.74, 6) is 0.633. The summed E-state index contributed by atoms with van der Waals surface area (Å²) in [6.45, 7) is 14.9. The van der Waals surface area contributed by atoms with Crippen molar-refractivity contribution in [3.05, 3.63) is 63.7 Å². The van der Waals surface area contributed by atoms with Crippen LogP contribution >= 0.6 is 0 Å². The molecule has 1 heterocycles. The number of hydrogen-bond acceptors (Lipinski definition) is 1. The van der Waals surface area contributed by atoms with Crippen molar-refractivity contribution in [3.63, 3.8) is 0 Å². The van der Waals surface area contributed by atoms with Gasteiger partial charge in [0, 0.05) is 12.2 Å². The van der Waals surface area contributed by atoms with E-state index >= 15 is 0 Å². The minimum atomic E-state index is 0.311. The maximum atomic E-state index is 3.59. The molecule has 2 aromatic rings. The van der Waals surface area contributed by atoms with Crippen LogP contribution in [0.3, 0.4) is 0 Å². The minimum absolute atomic E-state index is 0.311. The highest BCUT2D eigenvalue weighted by Gasteiger charge is 2.30. The van der Waals surface area contributed by atoms with E-state index < -0.39 is 0 Å². The predicted octanol–water partition coefficient (Wildman–Crippen LogP) is 6.15. The monoisotopic (exact) mass is 321 g/mol.